The van der Waals surface area contributed by atoms with Gasteiger partial charge in [0.05, 0.1) is 16.7 Å². The maximum absolute atomic E-state index is 6.07. The van der Waals surface area contributed by atoms with Crippen LogP contribution in [-0.4, -0.2) is 16.1 Å². The van der Waals surface area contributed by atoms with Crippen LogP contribution in [0.1, 0.15) is 5.56 Å². The number of hydrogen-bond acceptors (Lipinski definition) is 2. The van der Waals surface area contributed by atoms with Crippen molar-refractivity contribution in [3.8, 4) is 5.69 Å². The Morgan fingerprint density at radius 3 is 2.84 bits per heavy atom. The Bertz CT molecular complexity index is 718. The topological polar surface area (TPSA) is 43.8 Å². The SMILES string of the molecule is NCCc1cc(Cl)ccc1-n1cnc2ccccc21. The van der Waals surface area contributed by atoms with E-state index in [1.807, 2.05) is 42.7 Å². The minimum atomic E-state index is 0.597. The van der Waals surface area contributed by atoms with Crippen LogP contribution >= 0.6 is 11.6 Å². The van der Waals surface area contributed by atoms with Crippen LogP contribution < -0.4 is 5.73 Å². The minimum absolute atomic E-state index is 0.597. The van der Waals surface area contributed by atoms with Crippen molar-refractivity contribution in [2.75, 3.05) is 6.54 Å². The standard InChI is InChI=1S/C15H14ClN3/c16-12-5-6-14(11(9-12)7-8-17)19-10-18-13-3-1-2-4-15(13)19/h1-6,9-10H,7-8,17H2. The van der Waals surface area contributed by atoms with Crippen LogP contribution in [0.15, 0.2) is 48.8 Å². The predicted octanol–water partition coefficient (Wildman–Crippen LogP) is 3.18. The molecule has 0 aliphatic carbocycles. The van der Waals surface area contributed by atoms with Crippen LogP contribution in [0.5, 0.6) is 0 Å². The molecule has 0 aliphatic heterocycles. The third kappa shape index (κ3) is 2.23. The molecule has 2 N–H and O–H groups in total. The molecule has 0 fully saturated rings. The fraction of sp³-hybridized carbons (Fsp3) is 0.133. The Kier molecular flexibility index (Phi) is 3.23. The molecule has 3 aromatic rings. The van der Waals surface area contributed by atoms with E-state index >= 15 is 0 Å². The summed E-state index contributed by atoms with van der Waals surface area (Å²) >= 11 is 6.07. The highest BCUT2D eigenvalue weighted by Gasteiger charge is 2.08. The van der Waals surface area contributed by atoms with Gasteiger partial charge in [-0.3, -0.25) is 4.57 Å². The number of nitrogens with two attached hydrogens (primary N) is 1. The molecule has 1 aromatic heterocycles. The van der Waals surface area contributed by atoms with Gasteiger partial charge in [0.15, 0.2) is 0 Å². The van der Waals surface area contributed by atoms with Gasteiger partial charge in [-0.15, -0.1) is 0 Å². The lowest BCUT2D eigenvalue weighted by molar-refractivity contribution is 0.942. The lowest BCUT2D eigenvalue weighted by Crippen LogP contribution is -2.06. The molecule has 2 aromatic carbocycles. The highest BCUT2D eigenvalue weighted by Crippen LogP contribution is 2.24. The van der Waals surface area contributed by atoms with Crippen LogP contribution in [0.3, 0.4) is 0 Å². The second kappa shape index (κ2) is 5.03. The number of halogens is 1. The molecule has 0 unspecified atom stereocenters. The Balaban J connectivity index is 2.21. The number of rotatable bonds is 3. The molecule has 0 spiro atoms. The first-order valence-corrected chi connectivity index (χ1v) is 6.58. The average Bonchev–Trinajstić information content (AvgIpc) is 2.83. The number of para-hydroxylation sites is 2. The van der Waals surface area contributed by atoms with Crippen LogP contribution in [0.25, 0.3) is 16.7 Å². The van der Waals surface area contributed by atoms with E-state index in [4.69, 9.17) is 17.3 Å². The molecule has 3 nitrogen and oxygen atoms in total. The maximum atomic E-state index is 6.07. The summed E-state index contributed by atoms with van der Waals surface area (Å²) in [6, 6.07) is 13.9. The molecule has 0 atom stereocenters. The molecule has 0 bridgehead atoms. The third-order valence-corrected chi connectivity index (χ3v) is 3.40. The quantitative estimate of drug-likeness (QED) is 0.795. The van der Waals surface area contributed by atoms with E-state index in [1.54, 1.807) is 0 Å². The highest BCUT2D eigenvalue weighted by molar-refractivity contribution is 6.30. The third-order valence-electron chi connectivity index (χ3n) is 3.17. The van der Waals surface area contributed by atoms with E-state index in [-0.39, 0.29) is 0 Å². The van der Waals surface area contributed by atoms with Gasteiger partial charge >= 0.3 is 0 Å². The van der Waals surface area contributed by atoms with Crippen LogP contribution in [0.4, 0.5) is 0 Å². The Morgan fingerprint density at radius 1 is 1.16 bits per heavy atom. The molecule has 1 heterocycles. The first kappa shape index (κ1) is 12.2. The molecular formula is C15H14ClN3. The molecule has 0 amide bonds. The van der Waals surface area contributed by atoms with E-state index in [1.165, 1.54) is 0 Å². The summed E-state index contributed by atoms with van der Waals surface area (Å²) in [6.07, 6.45) is 2.64. The van der Waals surface area contributed by atoms with Gasteiger partial charge in [0.2, 0.25) is 0 Å². The zero-order valence-corrected chi connectivity index (χ0v) is 11.1. The largest absolute Gasteiger partial charge is 0.330 e. The summed E-state index contributed by atoms with van der Waals surface area (Å²) in [7, 11) is 0. The van der Waals surface area contributed by atoms with Gasteiger partial charge in [0, 0.05) is 5.02 Å². The Morgan fingerprint density at radius 2 is 2.00 bits per heavy atom. The summed E-state index contributed by atoms with van der Waals surface area (Å²) in [5.41, 5.74) is 9.97. The van der Waals surface area contributed by atoms with Crippen molar-refractivity contribution in [2.24, 2.45) is 5.73 Å². The second-order valence-electron chi connectivity index (χ2n) is 4.41. The monoisotopic (exact) mass is 271 g/mol. The van der Waals surface area contributed by atoms with Gasteiger partial charge in [-0.1, -0.05) is 23.7 Å². The first-order valence-electron chi connectivity index (χ1n) is 6.20. The molecular weight excluding hydrogens is 258 g/mol. The molecule has 19 heavy (non-hydrogen) atoms. The normalized spacial score (nSPS) is 11.1. The maximum Gasteiger partial charge on any atom is 0.100 e. The molecule has 0 saturated carbocycles. The molecule has 3 rings (SSSR count). The molecule has 0 aliphatic rings. The van der Waals surface area contributed by atoms with E-state index in [0.29, 0.717) is 6.54 Å². The van der Waals surface area contributed by atoms with E-state index in [2.05, 4.69) is 15.6 Å². The summed E-state index contributed by atoms with van der Waals surface area (Å²) in [4.78, 5) is 4.42. The van der Waals surface area contributed by atoms with E-state index in [0.717, 1.165) is 33.7 Å². The van der Waals surface area contributed by atoms with Crippen molar-refractivity contribution in [2.45, 2.75) is 6.42 Å². The zero-order chi connectivity index (χ0) is 13.2. The number of benzene rings is 2. The molecule has 0 radical (unpaired) electrons. The number of fused-ring (bicyclic) bond motifs is 1. The van der Waals surface area contributed by atoms with Crippen molar-refractivity contribution in [1.82, 2.24) is 9.55 Å². The van der Waals surface area contributed by atoms with Crippen LogP contribution in [-0.2, 0) is 6.42 Å². The van der Waals surface area contributed by atoms with Crippen molar-refractivity contribution in [3.05, 3.63) is 59.4 Å². The Labute approximate surface area is 116 Å². The van der Waals surface area contributed by atoms with Crippen molar-refractivity contribution in [1.29, 1.82) is 0 Å². The summed E-state index contributed by atoms with van der Waals surface area (Å²) in [5.74, 6) is 0. The smallest absolute Gasteiger partial charge is 0.100 e. The number of hydrogen-bond donors (Lipinski definition) is 1. The van der Waals surface area contributed by atoms with Crippen LogP contribution in [0.2, 0.25) is 5.02 Å². The van der Waals surface area contributed by atoms with E-state index < -0.39 is 0 Å². The first-order chi connectivity index (χ1) is 9.29. The average molecular weight is 272 g/mol. The molecule has 0 saturated heterocycles. The van der Waals surface area contributed by atoms with E-state index in [9.17, 15) is 0 Å². The van der Waals surface area contributed by atoms with Gasteiger partial charge in [0.25, 0.3) is 0 Å². The zero-order valence-electron chi connectivity index (χ0n) is 10.4. The lowest BCUT2D eigenvalue weighted by atomic mass is 10.1. The Hall–Kier alpha value is -1.84. The summed E-state index contributed by atoms with van der Waals surface area (Å²) < 4.78 is 2.08. The molecule has 4 heteroatoms. The van der Waals surface area contributed by atoms with Crippen molar-refractivity contribution < 1.29 is 0 Å². The highest BCUT2D eigenvalue weighted by atomic mass is 35.5. The number of imidazole rings is 1. The van der Waals surface area contributed by atoms with Gasteiger partial charge < -0.3 is 5.73 Å². The van der Waals surface area contributed by atoms with Crippen molar-refractivity contribution >= 4 is 22.6 Å². The number of nitrogens with zero attached hydrogens (tertiary/aromatic N) is 2. The lowest BCUT2D eigenvalue weighted by Gasteiger charge is -2.11. The fourth-order valence-electron chi connectivity index (χ4n) is 2.30. The molecule has 96 valence electrons. The van der Waals surface area contributed by atoms with Crippen LogP contribution in [0, 0.1) is 0 Å². The summed E-state index contributed by atoms with van der Waals surface area (Å²) in [5, 5.41) is 0.733. The minimum Gasteiger partial charge on any atom is -0.330 e. The summed E-state index contributed by atoms with van der Waals surface area (Å²) in [6.45, 7) is 0.597. The number of aromatic nitrogens is 2. The van der Waals surface area contributed by atoms with Crippen molar-refractivity contribution in [3.63, 3.8) is 0 Å². The van der Waals surface area contributed by atoms with Gasteiger partial charge in [-0.25, -0.2) is 4.98 Å². The predicted molar refractivity (Wildman–Crippen MR) is 78.8 cm³/mol. The van der Waals surface area contributed by atoms with Gasteiger partial charge in [-0.2, -0.15) is 0 Å². The van der Waals surface area contributed by atoms with Gasteiger partial charge in [-0.05, 0) is 48.9 Å². The van der Waals surface area contributed by atoms with Gasteiger partial charge in [0.1, 0.15) is 6.33 Å². The fourth-order valence-corrected chi connectivity index (χ4v) is 2.49. The second-order valence-corrected chi connectivity index (χ2v) is 4.85.